The summed E-state index contributed by atoms with van der Waals surface area (Å²) >= 11 is 0. The number of benzene rings is 1. The van der Waals surface area contributed by atoms with Crippen LogP contribution in [0.2, 0.25) is 0 Å². The number of likely N-dealkylation sites (N-methyl/N-ethyl adjacent to an activating group) is 1. The fraction of sp³-hybridized carbons (Fsp3) is 0.381. The number of carboxylic acid groups (broad SMARTS) is 2. The third-order valence-electron chi connectivity index (χ3n) is 5.72. The SMILES string of the molecule is CN(c1ccc(C(=O)C[C@@H](CCC(=O)O)C(=O)O)cc1)C1CNC2=C(C(O)N=C(N)N2)N1C=O. The van der Waals surface area contributed by atoms with Crippen LogP contribution in [0.1, 0.15) is 29.6 Å². The van der Waals surface area contributed by atoms with Crippen LogP contribution in [0.25, 0.3) is 0 Å². The minimum absolute atomic E-state index is 0.0183. The highest BCUT2D eigenvalue weighted by molar-refractivity contribution is 5.98. The zero-order valence-corrected chi connectivity index (χ0v) is 18.3. The quantitative estimate of drug-likeness (QED) is 0.181. The molecule has 3 rings (SSSR count). The van der Waals surface area contributed by atoms with Crippen molar-refractivity contribution in [3.63, 3.8) is 0 Å². The summed E-state index contributed by atoms with van der Waals surface area (Å²) < 4.78 is 0. The number of aliphatic hydroxyl groups is 1. The van der Waals surface area contributed by atoms with E-state index in [2.05, 4.69) is 15.6 Å². The number of nitrogens with two attached hydrogens (primary N) is 1. The molecular formula is C21H26N6O7. The molecule has 0 bridgehead atoms. The molecule has 0 radical (unpaired) electrons. The molecule has 0 spiro atoms. The molecule has 2 heterocycles. The van der Waals surface area contributed by atoms with Crippen LogP contribution in [0.15, 0.2) is 40.8 Å². The van der Waals surface area contributed by atoms with Gasteiger partial charge in [-0.3, -0.25) is 24.1 Å². The maximum absolute atomic E-state index is 12.6. The molecule has 3 atom stereocenters. The minimum Gasteiger partial charge on any atom is -0.481 e. The van der Waals surface area contributed by atoms with E-state index in [1.165, 1.54) is 4.90 Å². The average Bonchev–Trinajstić information content (AvgIpc) is 2.79. The highest BCUT2D eigenvalue weighted by Gasteiger charge is 2.37. The lowest BCUT2D eigenvalue weighted by Crippen LogP contribution is -2.60. The van der Waals surface area contributed by atoms with Crippen molar-refractivity contribution in [1.82, 2.24) is 15.5 Å². The van der Waals surface area contributed by atoms with Gasteiger partial charge in [0.15, 0.2) is 18.0 Å². The standard InChI is InChI=1S/C21H26N6O7/c1-26(15-9-23-18-17(27(15)10-28)19(32)25-21(22)24-18)13-5-2-11(3-6-13)14(29)8-12(20(33)34)4-7-16(30)31/h2-3,5-6,10,12,15,19,23,32H,4,7-9H2,1H3,(H,30,31)(H,33,34)(H3,22,24,25)/t12-,15?,19?/m1/s1. The average molecular weight is 474 g/mol. The van der Waals surface area contributed by atoms with Gasteiger partial charge in [0.1, 0.15) is 17.7 Å². The van der Waals surface area contributed by atoms with Gasteiger partial charge < -0.3 is 36.6 Å². The lowest BCUT2D eigenvalue weighted by Gasteiger charge is -2.44. The number of amides is 1. The molecule has 34 heavy (non-hydrogen) atoms. The largest absolute Gasteiger partial charge is 0.481 e. The molecule has 13 heteroatoms. The summed E-state index contributed by atoms with van der Waals surface area (Å²) in [5.41, 5.74) is 6.78. The smallest absolute Gasteiger partial charge is 0.306 e. The van der Waals surface area contributed by atoms with Crippen molar-refractivity contribution >= 4 is 35.8 Å². The summed E-state index contributed by atoms with van der Waals surface area (Å²) in [6, 6.07) is 6.38. The number of aliphatic imine (C=N–C) groups is 1. The molecule has 1 aromatic rings. The molecule has 182 valence electrons. The fourth-order valence-corrected chi connectivity index (χ4v) is 3.85. The number of anilines is 1. The van der Waals surface area contributed by atoms with Crippen molar-refractivity contribution in [1.29, 1.82) is 0 Å². The van der Waals surface area contributed by atoms with Crippen molar-refractivity contribution in [3.8, 4) is 0 Å². The van der Waals surface area contributed by atoms with Gasteiger partial charge in [0.05, 0.1) is 12.5 Å². The first-order valence-electron chi connectivity index (χ1n) is 10.4. The molecule has 1 aromatic carbocycles. The Morgan fingerprint density at radius 1 is 1.29 bits per heavy atom. The fourth-order valence-electron chi connectivity index (χ4n) is 3.85. The van der Waals surface area contributed by atoms with Gasteiger partial charge in [-0.2, -0.15) is 0 Å². The van der Waals surface area contributed by atoms with Crippen LogP contribution in [-0.4, -0.2) is 76.3 Å². The number of carbonyl (C=O) groups excluding carboxylic acids is 2. The molecule has 0 saturated heterocycles. The summed E-state index contributed by atoms with van der Waals surface area (Å²) in [7, 11) is 1.73. The first kappa shape index (κ1) is 24.5. The molecule has 0 fully saturated rings. The van der Waals surface area contributed by atoms with E-state index in [9.17, 15) is 29.4 Å². The summed E-state index contributed by atoms with van der Waals surface area (Å²) in [5, 5.41) is 34.2. The molecule has 2 unspecified atom stereocenters. The van der Waals surface area contributed by atoms with Crippen LogP contribution in [-0.2, 0) is 14.4 Å². The van der Waals surface area contributed by atoms with Crippen molar-refractivity contribution in [3.05, 3.63) is 41.3 Å². The van der Waals surface area contributed by atoms with Gasteiger partial charge >= 0.3 is 11.9 Å². The normalized spacial score (nSPS) is 20.3. The van der Waals surface area contributed by atoms with Gasteiger partial charge in [-0.15, -0.1) is 0 Å². The van der Waals surface area contributed by atoms with Crippen LogP contribution >= 0.6 is 0 Å². The lowest BCUT2D eigenvalue weighted by molar-refractivity contribution is -0.142. The van der Waals surface area contributed by atoms with Gasteiger partial charge in [-0.05, 0) is 30.7 Å². The Balaban J connectivity index is 1.72. The van der Waals surface area contributed by atoms with Gasteiger partial charge in [-0.1, -0.05) is 0 Å². The predicted octanol–water partition coefficient (Wildman–Crippen LogP) is -0.946. The summed E-state index contributed by atoms with van der Waals surface area (Å²) in [6.07, 6.45) is -2.06. The number of nitrogens with one attached hydrogen (secondary N) is 2. The summed E-state index contributed by atoms with van der Waals surface area (Å²) in [6.45, 7) is 0.297. The Morgan fingerprint density at radius 2 is 1.97 bits per heavy atom. The third-order valence-corrected chi connectivity index (χ3v) is 5.72. The zero-order chi connectivity index (χ0) is 25.0. The number of aliphatic carboxylic acids is 2. The van der Waals surface area contributed by atoms with Crippen molar-refractivity contribution in [2.45, 2.75) is 31.7 Å². The second kappa shape index (κ2) is 10.2. The maximum Gasteiger partial charge on any atom is 0.306 e. The zero-order valence-electron chi connectivity index (χ0n) is 18.3. The van der Waals surface area contributed by atoms with Gasteiger partial charge in [0, 0.05) is 31.1 Å². The van der Waals surface area contributed by atoms with Crippen LogP contribution in [0, 0.1) is 5.92 Å². The van der Waals surface area contributed by atoms with E-state index in [1.807, 2.05) is 0 Å². The number of ketones is 1. The monoisotopic (exact) mass is 474 g/mol. The van der Waals surface area contributed by atoms with Gasteiger partial charge in [0.2, 0.25) is 6.41 Å². The lowest BCUT2D eigenvalue weighted by atomic mass is 9.94. The van der Waals surface area contributed by atoms with Crippen molar-refractivity contribution in [2.24, 2.45) is 16.6 Å². The van der Waals surface area contributed by atoms with E-state index in [-0.39, 0.29) is 36.5 Å². The number of carbonyl (C=O) groups is 4. The first-order valence-corrected chi connectivity index (χ1v) is 10.4. The molecule has 1 amide bonds. The van der Waals surface area contributed by atoms with E-state index >= 15 is 0 Å². The van der Waals surface area contributed by atoms with E-state index in [0.29, 0.717) is 24.5 Å². The maximum atomic E-state index is 12.6. The Labute approximate surface area is 194 Å². The second-order valence-electron chi connectivity index (χ2n) is 7.90. The molecule has 0 saturated carbocycles. The number of rotatable bonds is 10. The van der Waals surface area contributed by atoms with E-state index in [0.717, 1.165) is 0 Å². The van der Waals surface area contributed by atoms with Gasteiger partial charge in [-0.25, -0.2) is 4.99 Å². The van der Waals surface area contributed by atoms with Gasteiger partial charge in [0.25, 0.3) is 0 Å². The number of carboxylic acids is 2. The molecular weight excluding hydrogens is 448 g/mol. The number of nitrogens with zero attached hydrogens (tertiary/aromatic N) is 3. The Bertz CT molecular complexity index is 1040. The molecule has 0 aromatic heterocycles. The van der Waals surface area contributed by atoms with Crippen LogP contribution < -0.4 is 21.3 Å². The third kappa shape index (κ3) is 5.26. The van der Waals surface area contributed by atoms with E-state index < -0.39 is 36.0 Å². The first-order chi connectivity index (χ1) is 16.1. The van der Waals surface area contributed by atoms with Crippen LogP contribution in [0.5, 0.6) is 0 Å². The molecule has 0 aliphatic carbocycles. The summed E-state index contributed by atoms with van der Waals surface area (Å²) in [5.74, 6) is -3.44. The van der Waals surface area contributed by atoms with Crippen molar-refractivity contribution < 1.29 is 34.5 Å². The minimum atomic E-state index is -1.33. The van der Waals surface area contributed by atoms with Crippen LogP contribution in [0.3, 0.4) is 0 Å². The van der Waals surface area contributed by atoms with Crippen molar-refractivity contribution in [2.75, 3.05) is 18.5 Å². The number of hydrogen-bond acceptors (Lipinski definition) is 10. The topological polar surface area (TPSA) is 198 Å². The summed E-state index contributed by atoms with van der Waals surface area (Å²) in [4.78, 5) is 53.4. The number of guanidine groups is 1. The number of aliphatic hydroxyl groups excluding tert-OH is 1. The molecule has 13 nitrogen and oxygen atoms in total. The van der Waals surface area contributed by atoms with Crippen LogP contribution in [0.4, 0.5) is 5.69 Å². The highest BCUT2D eigenvalue weighted by Crippen LogP contribution is 2.26. The molecule has 7 N–H and O–H groups in total. The Hall–Kier alpha value is -4.13. The predicted molar refractivity (Wildman–Crippen MR) is 119 cm³/mol. The molecule has 2 aliphatic heterocycles. The van der Waals surface area contributed by atoms with E-state index in [4.69, 9.17) is 10.8 Å². The highest BCUT2D eigenvalue weighted by atomic mass is 16.4. The number of Topliss-reactive ketones (excluding diaryl/α,β-unsaturated/α-hetero) is 1. The Morgan fingerprint density at radius 3 is 2.56 bits per heavy atom. The van der Waals surface area contributed by atoms with E-state index in [1.54, 1.807) is 36.2 Å². The second-order valence-corrected chi connectivity index (χ2v) is 7.90. The Kier molecular flexibility index (Phi) is 7.36. The molecule has 2 aliphatic rings. The number of hydrogen-bond donors (Lipinski definition) is 6.